The van der Waals surface area contributed by atoms with Crippen molar-refractivity contribution in [3.63, 3.8) is 0 Å². The molecule has 0 N–H and O–H groups in total. The highest BCUT2D eigenvalue weighted by molar-refractivity contribution is 6.09. The molecule has 1 saturated carbocycles. The number of benzene rings is 4. The lowest BCUT2D eigenvalue weighted by Gasteiger charge is -2.31. The van der Waals surface area contributed by atoms with Gasteiger partial charge in [0.2, 0.25) is 11.4 Å². The highest BCUT2D eigenvalue weighted by atomic mass is 16.6. The summed E-state index contributed by atoms with van der Waals surface area (Å²) in [6.07, 6.45) is 14.6. The van der Waals surface area contributed by atoms with Crippen molar-refractivity contribution >= 4 is 23.6 Å². The molecule has 2 fully saturated rings. The number of hydrogen-bond donors (Lipinski definition) is 0. The fraction of sp³-hybridized carbons (Fsp3) is 0.173. The first-order valence-corrected chi connectivity index (χ1v) is 20.8. The number of nitrogens with zero attached hydrogens (tertiary/aromatic N) is 4. The highest BCUT2D eigenvalue weighted by Gasteiger charge is 2.44. The summed E-state index contributed by atoms with van der Waals surface area (Å²) in [7, 11) is 2.61. The van der Waals surface area contributed by atoms with Gasteiger partial charge in [0.25, 0.3) is 5.56 Å². The first-order valence-electron chi connectivity index (χ1n) is 20.8. The Balaban J connectivity index is 0.000000201. The van der Waals surface area contributed by atoms with Crippen LogP contribution in [0.4, 0.5) is 0 Å². The quantitative estimate of drug-likeness (QED) is 0.0733. The van der Waals surface area contributed by atoms with E-state index < -0.39 is 28.7 Å². The summed E-state index contributed by atoms with van der Waals surface area (Å²) in [6, 6.07) is 42.2. The number of carbonyl (C=O) groups is 3. The van der Waals surface area contributed by atoms with Gasteiger partial charge in [0.1, 0.15) is 5.60 Å². The standard InChI is InChI=1S/C36H26N2O2.C16H20N2O5/c39-35(29-7-3-1-4-8-29)31-11-15-33(16-12-31)37-23-19-27(20-24-37)28-21-25-38(26-22-28)34-17-13-32(14-18-34)36(40)30-9-5-2-6-10-30;1-17-12(19)11(13(20)18(2)15(17)22)8-10-9-16(23-14(10)21)6-4-3-5-7-16/h1-26H;8,19H,3-7,9H2,1-2H3/q+2;/p-1/b;10-8-. The lowest BCUT2D eigenvalue weighted by Crippen LogP contribution is -2.39. The minimum absolute atomic E-state index is 0.0189. The Kier molecular flexibility index (Phi) is 12.0. The highest BCUT2D eigenvalue weighted by Crippen LogP contribution is 2.42. The molecule has 0 bridgehead atoms. The van der Waals surface area contributed by atoms with E-state index in [9.17, 15) is 29.1 Å². The zero-order valence-corrected chi connectivity index (χ0v) is 35.0. The van der Waals surface area contributed by atoms with Crippen LogP contribution in [0.5, 0.6) is 5.88 Å². The maximum Gasteiger partial charge on any atom is 0.334 e. The van der Waals surface area contributed by atoms with Crippen molar-refractivity contribution in [3.8, 4) is 28.4 Å². The van der Waals surface area contributed by atoms with Crippen LogP contribution in [-0.2, 0) is 23.6 Å². The molecule has 11 heteroatoms. The van der Waals surface area contributed by atoms with Crippen LogP contribution in [0.25, 0.3) is 28.6 Å². The predicted octanol–water partition coefficient (Wildman–Crippen LogP) is 6.56. The molecule has 7 aromatic rings. The van der Waals surface area contributed by atoms with Crippen LogP contribution < -0.4 is 25.5 Å². The van der Waals surface area contributed by atoms with E-state index in [1.807, 2.05) is 143 Å². The molecule has 2 aliphatic rings. The summed E-state index contributed by atoms with van der Waals surface area (Å²) in [5, 5.41) is 12.2. The average molecular weight is 838 g/mol. The van der Waals surface area contributed by atoms with Crippen LogP contribution in [0.1, 0.15) is 75.9 Å². The Bertz CT molecular complexity index is 2810. The number of esters is 1. The molecule has 9 rings (SSSR count). The van der Waals surface area contributed by atoms with Crippen LogP contribution >= 0.6 is 0 Å². The molecule has 1 spiro atoms. The van der Waals surface area contributed by atoms with Crippen molar-refractivity contribution < 1.29 is 33.4 Å². The molecule has 1 saturated heterocycles. The van der Waals surface area contributed by atoms with E-state index in [4.69, 9.17) is 4.74 Å². The Morgan fingerprint density at radius 1 is 0.587 bits per heavy atom. The smallest absolute Gasteiger partial charge is 0.334 e. The molecule has 3 aromatic heterocycles. The molecule has 4 aromatic carbocycles. The molecule has 314 valence electrons. The normalized spacial score (nSPS) is 14.8. The Hall–Kier alpha value is -7.79. The van der Waals surface area contributed by atoms with Gasteiger partial charge in [-0.2, -0.15) is 9.13 Å². The lowest BCUT2D eigenvalue weighted by molar-refractivity contribution is -0.596. The molecule has 4 heterocycles. The topological polar surface area (TPSA) is 135 Å². The number of aromatic nitrogens is 4. The lowest BCUT2D eigenvalue weighted by atomic mass is 9.82. The molecule has 1 aliphatic heterocycles. The summed E-state index contributed by atoms with van der Waals surface area (Å²) in [6.45, 7) is 0. The molecule has 11 nitrogen and oxygen atoms in total. The maximum absolute atomic E-state index is 12.7. The fourth-order valence-electron chi connectivity index (χ4n) is 8.12. The maximum atomic E-state index is 12.7. The Morgan fingerprint density at radius 3 is 1.46 bits per heavy atom. The van der Waals surface area contributed by atoms with Gasteiger partial charge in [-0.05, 0) is 73.0 Å². The number of hydrogen-bond acceptors (Lipinski definition) is 7. The Labute approximate surface area is 364 Å². The van der Waals surface area contributed by atoms with Gasteiger partial charge in [0.05, 0.1) is 0 Å². The number of carbonyl (C=O) groups excluding carboxylic acids is 3. The molecule has 63 heavy (non-hydrogen) atoms. The second-order valence-corrected chi connectivity index (χ2v) is 15.9. The molecule has 1 aliphatic carbocycles. The van der Waals surface area contributed by atoms with Gasteiger partial charge in [-0.1, -0.05) is 67.1 Å². The van der Waals surface area contributed by atoms with Crippen LogP contribution in [-0.4, -0.2) is 32.3 Å². The van der Waals surface area contributed by atoms with E-state index in [0.717, 1.165) is 63.7 Å². The minimum Gasteiger partial charge on any atom is -0.859 e. The summed E-state index contributed by atoms with van der Waals surface area (Å²) in [5.74, 6) is -1.12. The third-order valence-corrected chi connectivity index (χ3v) is 11.7. The first-order chi connectivity index (χ1) is 30.5. The van der Waals surface area contributed by atoms with Gasteiger partial charge in [0.15, 0.2) is 36.4 Å². The van der Waals surface area contributed by atoms with Crippen molar-refractivity contribution in [1.29, 1.82) is 0 Å². The van der Waals surface area contributed by atoms with Crippen LogP contribution in [0.3, 0.4) is 0 Å². The second kappa shape index (κ2) is 18.1. The van der Waals surface area contributed by atoms with Gasteiger partial charge in [-0.15, -0.1) is 0 Å². The van der Waals surface area contributed by atoms with Crippen LogP contribution in [0.15, 0.2) is 173 Å². The van der Waals surface area contributed by atoms with E-state index >= 15 is 0 Å². The molecule has 0 unspecified atom stereocenters. The largest absolute Gasteiger partial charge is 0.859 e. The molecular formula is C52H45N4O7+. The summed E-state index contributed by atoms with van der Waals surface area (Å²) in [4.78, 5) is 61.4. The van der Waals surface area contributed by atoms with Crippen LogP contribution in [0, 0.1) is 0 Å². The summed E-state index contributed by atoms with van der Waals surface area (Å²) < 4.78 is 11.3. The van der Waals surface area contributed by atoms with Gasteiger partial charge in [-0.25, -0.2) is 9.59 Å². The van der Waals surface area contributed by atoms with Gasteiger partial charge >= 0.3 is 11.7 Å². The van der Waals surface area contributed by atoms with Crippen molar-refractivity contribution in [1.82, 2.24) is 9.13 Å². The number of pyridine rings is 2. The van der Waals surface area contributed by atoms with Crippen molar-refractivity contribution in [2.45, 2.75) is 44.1 Å². The van der Waals surface area contributed by atoms with Crippen molar-refractivity contribution in [2.75, 3.05) is 0 Å². The molecule has 0 radical (unpaired) electrons. The summed E-state index contributed by atoms with van der Waals surface area (Å²) in [5.41, 5.74) is 5.19. The van der Waals surface area contributed by atoms with E-state index in [2.05, 4.69) is 24.3 Å². The number of ketones is 2. The number of ether oxygens (including phenoxy) is 1. The average Bonchev–Trinajstić information content (AvgIpc) is 3.64. The van der Waals surface area contributed by atoms with E-state index in [-0.39, 0.29) is 17.1 Å². The van der Waals surface area contributed by atoms with Gasteiger partial charge < -0.3 is 14.4 Å². The Morgan fingerprint density at radius 2 is 1.02 bits per heavy atom. The van der Waals surface area contributed by atoms with Crippen molar-refractivity contribution in [3.05, 3.63) is 212 Å². The molecule has 0 atom stereocenters. The first kappa shape index (κ1) is 41.9. The SMILES string of the molecule is Cn1c([O-])c(/C=C2/CC3(CCCCC3)OC2=O)c(=O)n(C)c1=O.O=C(c1ccccc1)c1ccc(-[n+]2ccc(-c3cc[n+](-c4ccc(C(=O)c5ccccc5)cc4)cc3)cc2)cc1. The van der Waals surface area contributed by atoms with Crippen molar-refractivity contribution in [2.24, 2.45) is 14.1 Å². The minimum atomic E-state index is -0.692. The molecular weight excluding hydrogens is 793 g/mol. The van der Waals surface area contributed by atoms with E-state index in [1.54, 1.807) is 0 Å². The third-order valence-electron chi connectivity index (χ3n) is 11.7. The van der Waals surface area contributed by atoms with Crippen LogP contribution in [0.2, 0.25) is 0 Å². The third kappa shape index (κ3) is 8.99. The zero-order valence-electron chi connectivity index (χ0n) is 35.0. The van der Waals surface area contributed by atoms with Gasteiger partial charge in [-0.3, -0.25) is 19.0 Å². The molecule has 0 amide bonds. The van der Waals surface area contributed by atoms with Gasteiger partial charge in [0, 0.05) is 102 Å². The summed E-state index contributed by atoms with van der Waals surface area (Å²) >= 11 is 0. The van der Waals surface area contributed by atoms with E-state index in [1.165, 1.54) is 20.2 Å². The second-order valence-electron chi connectivity index (χ2n) is 15.9. The van der Waals surface area contributed by atoms with E-state index in [0.29, 0.717) is 34.2 Å². The number of rotatable bonds is 8. The monoisotopic (exact) mass is 837 g/mol. The fourth-order valence-corrected chi connectivity index (χ4v) is 8.12. The predicted molar refractivity (Wildman–Crippen MR) is 236 cm³/mol. The zero-order chi connectivity index (χ0) is 44.1.